The van der Waals surface area contributed by atoms with Gasteiger partial charge in [-0.05, 0) is 6.42 Å². The number of nitrogens with two attached hydrogens (primary N) is 1. The van der Waals surface area contributed by atoms with Gasteiger partial charge in [0.05, 0.1) is 0 Å². The number of nitrogens with one attached hydrogen (secondary N) is 1. The average Bonchev–Trinajstić information content (AvgIpc) is 2.15. The van der Waals surface area contributed by atoms with Crippen LogP contribution in [0, 0.1) is 0 Å². The molecule has 1 saturated heterocycles. The molecule has 1 aliphatic heterocycles. The predicted molar refractivity (Wildman–Crippen MR) is 59.6 cm³/mol. The standard InChI is InChI=1S/C8H18N2S2/c1-2-3-7(10-9)8-6-11-4-5-12-8/h7-8,10H,2-6,9H2,1H3. The lowest BCUT2D eigenvalue weighted by Crippen LogP contribution is -2.44. The molecule has 0 radical (unpaired) electrons. The highest BCUT2D eigenvalue weighted by molar-refractivity contribution is 8.06. The van der Waals surface area contributed by atoms with Crippen LogP contribution in [0.5, 0.6) is 0 Å². The molecule has 72 valence electrons. The van der Waals surface area contributed by atoms with Crippen LogP contribution in [-0.4, -0.2) is 28.6 Å². The summed E-state index contributed by atoms with van der Waals surface area (Å²) in [6, 6.07) is 0.521. The van der Waals surface area contributed by atoms with Crippen molar-refractivity contribution in [2.45, 2.75) is 31.1 Å². The van der Waals surface area contributed by atoms with Gasteiger partial charge in [0.2, 0.25) is 0 Å². The lowest BCUT2D eigenvalue weighted by molar-refractivity contribution is 0.487. The summed E-state index contributed by atoms with van der Waals surface area (Å²) in [5.41, 5.74) is 2.94. The second-order valence-electron chi connectivity index (χ2n) is 3.05. The monoisotopic (exact) mass is 206 g/mol. The minimum Gasteiger partial charge on any atom is -0.271 e. The third-order valence-corrected chi connectivity index (χ3v) is 5.02. The summed E-state index contributed by atoms with van der Waals surface area (Å²) < 4.78 is 0. The fraction of sp³-hybridized carbons (Fsp3) is 1.00. The highest BCUT2D eigenvalue weighted by Crippen LogP contribution is 2.27. The van der Waals surface area contributed by atoms with Crippen LogP contribution in [0.1, 0.15) is 19.8 Å². The Bertz CT molecular complexity index is 113. The van der Waals surface area contributed by atoms with Crippen molar-refractivity contribution in [3.63, 3.8) is 0 Å². The van der Waals surface area contributed by atoms with E-state index in [-0.39, 0.29) is 0 Å². The first-order chi connectivity index (χ1) is 5.88. The largest absolute Gasteiger partial charge is 0.271 e. The molecular formula is C8H18N2S2. The fourth-order valence-corrected chi connectivity index (χ4v) is 4.34. The summed E-state index contributed by atoms with van der Waals surface area (Å²) >= 11 is 4.13. The quantitative estimate of drug-likeness (QED) is 0.539. The first-order valence-electron chi connectivity index (χ1n) is 4.54. The van der Waals surface area contributed by atoms with E-state index in [1.807, 2.05) is 0 Å². The van der Waals surface area contributed by atoms with Crippen LogP contribution in [0.15, 0.2) is 0 Å². The molecule has 2 nitrogen and oxygen atoms in total. The van der Waals surface area contributed by atoms with Gasteiger partial charge in [0.1, 0.15) is 0 Å². The minimum absolute atomic E-state index is 0.521. The molecule has 0 aliphatic carbocycles. The van der Waals surface area contributed by atoms with E-state index in [4.69, 9.17) is 5.84 Å². The highest BCUT2D eigenvalue weighted by Gasteiger charge is 2.22. The molecule has 0 amide bonds. The predicted octanol–water partition coefficient (Wildman–Crippen LogP) is 1.47. The Hall–Kier alpha value is 0.620. The van der Waals surface area contributed by atoms with E-state index >= 15 is 0 Å². The Morgan fingerprint density at radius 3 is 2.92 bits per heavy atom. The maximum atomic E-state index is 5.52. The molecule has 2 atom stereocenters. The first kappa shape index (κ1) is 10.7. The molecule has 1 fully saturated rings. The van der Waals surface area contributed by atoms with Crippen LogP contribution in [-0.2, 0) is 0 Å². The van der Waals surface area contributed by atoms with E-state index in [1.54, 1.807) is 0 Å². The molecule has 0 saturated carbocycles. The molecule has 4 heteroatoms. The van der Waals surface area contributed by atoms with Gasteiger partial charge >= 0.3 is 0 Å². The zero-order valence-corrected chi connectivity index (χ0v) is 9.22. The molecule has 0 aromatic heterocycles. The SMILES string of the molecule is CCCC(NN)C1CSCCS1. The fourth-order valence-electron chi connectivity index (χ4n) is 1.43. The van der Waals surface area contributed by atoms with Crippen molar-refractivity contribution in [2.24, 2.45) is 5.84 Å². The summed E-state index contributed by atoms with van der Waals surface area (Å²) in [6.07, 6.45) is 2.42. The van der Waals surface area contributed by atoms with Crippen LogP contribution in [0.25, 0.3) is 0 Å². The van der Waals surface area contributed by atoms with Crippen LogP contribution in [0.3, 0.4) is 0 Å². The van der Waals surface area contributed by atoms with Crippen LogP contribution in [0.4, 0.5) is 0 Å². The third kappa shape index (κ3) is 3.17. The van der Waals surface area contributed by atoms with E-state index in [0.29, 0.717) is 6.04 Å². The Balaban J connectivity index is 2.29. The summed E-state index contributed by atoms with van der Waals surface area (Å²) in [4.78, 5) is 0. The van der Waals surface area contributed by atoms with Gasteiger partial charge in [-0.15, -0.1) is 0 Å². The van der Waals surface area contributed by atoms with Crippen molar-refractivity contribution < 1.29 is 0 Å². The second kappa shape index (κ2) is 6.13. The van der Waals surface area contributed by atoms with Gasteiger partial charge in [0.25, 0.3) is 0 Å². The van der Waals surface area contributed by atoms with Gasteiger partial charge in [-0.2, -0.15) is 23.5 Å². The smallest absolute Gasteiger partial charge is 0.0337 e. The zero-order valence-electron chi connectivity index (χ0n) is 7.58. The number of hydrogen-bond donors (Lipinski definition) is 2. The van der Waals surface area contributed by atoms with Crippen molar-refractivity contribution in [3.8, 4) is 0 Å². The summed E-state index contributed by atoms with van der Waals surface area (Å²) in [5.74, 6) is 9.38. The van der Waals surface area contributed by atoms with E-state index < -0.39 is 0 Å². The van der Waals surface area contributed by atoms with Crippen LogP contribution >= 0.6 is 23.5 Å². The third-order valence-electron chi connectivity index (χ3n) is 2.10. The Morgan fingerprint density at radius 1 is 1.58 bits per heavy atom. The Labute approximate surface area is 83.4 Å². The van der Waals surface area contributed by atoms with Gasteiger partial charge in [0.15, 0.2) is 0 Å². The van der Waals surface area contributed by atoms with Gasteiger partial charge in [0, 0.05) is 28.6 Å². The van der Waals surface area contributed by atoms with Gasteiger partial charge in [-0.25, -0.2) is 0 Å². The lowest BCUT2D eigenvalue weighted by atomic mass is 10.1. The maximum Gasteiger partial charge on any atom is 0.0337 e. The molecular weight excluding hydrogens is 188 g/mol. The van der Waals surface area contributed by atoms with Crippen molar-refractivity contribution >= 4 is 23.5 Å². The molecule has 0 aromatic rings. The minimum atomic E-state index is 0.521. The average molecular weight is 206 g/mol. The summed E-state index contributed by atoms with van der Waals surface area (Å²) in [5, 5.41) is 0.730. The van der Waals surface area contributed by atoms with Crippen molar-refractivity contribution in [2.75, 3.05) is 17.3 Å². The molecule has 1 heterocycles. The molecule has 0 aromatic carbocycles. The number of rotatable bonds is 4. The normalized spacial score (nSPS) is 27.0. The molecule has 0 spiro atoms. The van der Waals surface area contributed by atoms with E-state index in [1.165, 1.54) is 30.1 Å². The molecule has 0 bridgehead atoms. The topological polar surface area (TPSA) is 38.0 Å². The van der Waals surface area contributed by atoms with Crippen molar-refractivity contribution in [1.29, 1.82) is 0 Å². The van der Waals surface area contributed by atoms with Crippen LogP contribution < -0.4 is 11.3 Å². The Kier molecular flexibility index (Phi) is 5.47. The Morgan fingerprint density at radius 2 is 2.42 bits per heavy atom. The van der Waals surface area contributed by atoms with Crippen molar-refractivity contribution in [3.05, 3.63) is 0 Å². The van der Waals surface area contributed by atoms with Crippen molar-refractivity contribution in [1.82, 2.24) is 5.43 Å². The van der Waals surface area contributed by atoms with Gasteiger partial charge in [-0.1, -0.05) is 13.3 Å². The van der Waals surface area contributed by atoms with Crippen LogP contribution in [0.2, 0.25) is 0 Å². The zero-order chi connectivity index (χ0) is 8.81. The molecule has 12 heavy (non-hydrogen) atoms. The van der Waals surface area contributed by atoms with E-state index in [9.17, 15) is 0 Å². The number of hydrazine groups is 1. The lowest BCUT2D eigenvalue weighted by Gasteiger charge is -2.28. The second-order valence-corrected chi connectivity index (χ2v) is 5.54. The molecule has 1 rings (SSSR count). The van der Waals surface area contributed by atoms with E-state index in [0.717, 1.165) is 5.25 Å². The molecule has 2 unspecified atom stereocenters. The summed E-state index contributed by atoms with van der Waals surface area (Å²) in [7, 11) is 0. The van der Waals surface area contributed by atoms with Gasteiger partial charge in [-0.3, -0.25) is 11.3 Å². The summed E-state index contributed by atoms with van der Waals surface area (Å²) in [6.45, 7) is 2.21. The molecule has 3 N–H and O–H groups in total. The van der Waals surface area contributed by atoms with E-state index in [2.05, 4.69) is 35.9 Å². The maximum absolute atomic E-state index is 5.52. The first-order valence-corrected chi connectivity index (χ1v) is 6.74. The number of hydrogen-bond acceptors (Lipinski definition) is 4. The van der Waals surface area contributed by atoms with Gasteiger partial charge < -0.3 is 0 Å². The highest BCUT2D eigenvalue weighted by atomic mass is 32.2. The number of thioether (sulfide) groups is 2. The molecule has 1 aliphatic rings.